The molecule has 26 heavy (non-hydrogen) atoms. The van der Waals surface area contributed by atoms with Crippen molar-refractivity contribution < 1.29 is 9.47 Å². The predicted octanol–water partition coefficient (Wildman–Crippen LogP) is 6.28. The SMILES string of the molecule is COc1cc(OC)c2c(-c3ccccc3)c(-c3ccccc3)[nH]c2c1Br. The van der Waals surface area contributed by atoms with E-state index in [4.69, 9.17) is 9.47 Å². The quantitative estimate of drug-likeness (QED) is 0.431. The summed E-state index contributed by atoms with van der Waals surface area (Å²) < 4.78 is 12.1. The minimum atomic E-state index is 0.731. The van der Waals surface area contributed by atoms with Crippen molar-refractivity contribution in [2.75, 3.05) is 14.2 Å². The van der Waals surface area contributed by atoms with Crippen molar-refractivity contribution in [1.82, 2.24) is 4.98 Å². The third-order valence-electron chi connectivity index (χ3n) is 4.51. The Labute approximate surface area is 160 Å². The molecule has 3 nitrogen and oxygen atoms in total. The Morgan fingerprint density at radius 1 is 0.769 bits per heavy atom. The average molecular weight is 408 g/mol. The molecule has 0 spiro atoms. The number of hydrogen-bond donors (Lipinski definition) is 1. The van der Waals surface area contributed by atoms with Crippen molar-refractivity contribution in [3.8, 4) is 33.9 Å². The number of halogens is 1. The van der Waals surface area contributed by atoms with Crippen molar-refractivity contribution >= 4 is 26.8 Å². The molecular formula is C22H18BrNO2. The molecule has 0 aliphatic carbocycles. The summed E-state index contributed by atoms with van der Waals surface area (Å²) in [6.45, 7) is 0. The van der Waals surface area contributed by atoms with Gasteiger partial charge in [-0.25, -0.2) is 0 Å². The van der Waals surface area contributed by atoms with Crippen LogP contribution in [-0.2, 0) is 0 Å². The van der Waals surface area contributed by atoms with Crippen molar-refractivity contribution in [1.29, 1.82) is 0 Å². The Hall–Kier alpha value is -2.72. The summed E-state index contributed by atoms with van der Waals surface area (Å²) in [5, 5.41) is 1.03. The average Bonchev–Trinajstić information content (AvgIpc) is 3.11. The lowest BCUT2D eigenvalue weighted by Crippen LogP contribution is -1.90. The van der Waals surface area contributed by atoms with E-state index in [9.17, 15) is 0 Å². The minimum absolute atomic E-state index is 0.731. The first-order valence-corrected chi connectivity index (χ1v) is 9.11. The van der Waals surface area contributed by atoms with Gasteiger partial charge in [-0.3, -0.25) is 0 Å². The van der Waals surface area contributed by atoms with Gasteiger partial charge in [-0.15, -0.1) is 0 Å². The zero-order valence-electron chi connectivity index (χ0n) is 14.5. The molecule has 0 aliphatic heterocycles. The van der Waals surface area contributed by atoms with Gasteiger partial charge in [0.15, 0.2) is 0 Å². The maximum Gasteiger partial charge on any atom is 0.138 e. The van der Waals surface area contributed by atoms with Crippen LogP contribution in [0.2, 0.25) is 0 Å². The largest absolute Gasteiger partial charge is 0.496 e. The van der Waals surface area contributed by atoms with Crippen LogP contribution in [0.4, 0.5) is 0 Å². The van der Waals surface area contributed by atoms with E-state index < -0.39 is 0 Å². The Morgan fingerprint density at radius 3 is 1.92 bits per heavy atom. The molecule has 1 N–H and O–H groups in total. The van der Waals surface area contributed by atoms with Gasteiger partial charge in [-0.05, 0) is 27.1 Å². The Kier molecular flexibility index (Phi) is 4.43. The molecule has 0 amide bonds. The van der Waals surface area contributed by atoms with Gasteiger partial charge in [-0.1, -0.05) is 60.7 Å². The third kappa shape index (κ3) is 2.67. The molecule has 1 aromatic heterocycles. The van der Waals surface area contributed by atoms with E-state index in [2.05, 4.69) is 45.2 Å². The highest BCUT2D eigenvalue weighted by atomic mass is 79.9. The monoisotopic (exact) mass is 407 g/mol. The number of aromatic nitrogens is 1. The zero-order valence-corrected chi connectivity index (χ0v) is 16.1. The number of nitrogens with one attached hydrogen (secondary N) is 1. The van der Waals surface area contributed by atoms with E-state index in [1.807, 2.05) is 42.5 Å². The number of benzene rings is 3. The highest BCUT2D eigenvalue weighted by molar-refractivity contribution is 9.10. The van der Waals surface area contributed by atoms with Gasteiger partial charge in [-0.2, -0.15) is 0 Å². The fraction of sp³-hybridized carbons (Fsp3) is 0.0909. The fourth-order valence-corrected chi connectivity index (χ4v) is 3.89. The predicted molar refractivity (Wildman–Crippen MR) is 110 cm³/mol. The van der Waals surface area contributed by atoms with Crippen LogP contribution in [0.25, 0.3) is 33.3 Å². The molecule has 0 fully saturated rings. The molecule has 0 atom stereocenters. The number of ether oxygens (including phenoxy) is 2. The molecule has 130 valence electrons. The molecule has 1 heterocycles. The van der Waals surface area contributed by atoms with Crippen molar-refractivity contribution in [2.24, 2.45) is 0 Å². The maximum absolute atomic E-state index is 5.72. The molecule has 0 saturated heterocycles. The first-order chi connectivity index (χ1) is 12.7. The van der Waals surface area contributed by atoms with E-state index in [-0.39, 0.29) is 0 Å². The van der Waals surface area contributed by atoms with E-state index in [0.29, 0.717) is 0 Å². The molecule has 4 rings (SSSR count). The Balaban J connectivity index is 2.16. The van der Waals surface area contributed by atoms with Crippen LogP contribution in [0.3, 0.4) is 0 Å². The normalized spacial score (nSPS) is 10.9. The second-order valence-electron chi connectivity index (χ2n) is 5.95. The van der Waals surface area contributed by atoms with E-state index in [0.717, 1.165) is 49.3 Å². The molecule has 4 aromatic rings. The van der Waals surface area contributed by atoms with E-state index in [1.165, 1.54) is 0 Å². The van der Waals surface area contributed by atoms with Gasteiger partial charge in [0.2, 0.25) is 0 Å². The Morgan fingerprint density at radius 2 is 1.35 bits per heavy atom. The number of methoxy groups -OCH3 is 2. The number of H-pyrrole nitrogens is 1. The molecule has 4 heteroatoms. The Bertz CT molecular complexity index is 1060. The fourth-order valence-electron chi connectivity index (χ4n) is 3.31. The zero-order chi connectivity index (χ0) is 18.1. The summed E-state index contributed by atoms with van der Waals surface area (Å²) in [5.41, 5.74) is 5.38. The summed E-state index contributed by atoms with van der Waals surface area (Å²) in [6.07, 6.45) is 0. The molecular weight excluding hydrogens is 390 g/mol. The molecule has 0 radical (unpaired) electrons. The molecule has 0 saturated carbocycles. The number of fused-ring (bicyclic) bond motifs is 1. The van der Waals surface area contributed by atoms with Crippen LogP contribution in [0.15, 0.2) is 71.2 Å². The number of aromatic amines is 1. The van der Waals surface area contributed by atoms with Crippen LogP contribution in [-0.4, -0.2) is 19.2 Å². The lowest BCUT2D eigenvalue weighted by Gasteiger charge is -2.11. The van der Waals surface area contributed by atoms with Crippen molar-refractivity contribution in [3.63, 3.8) is 0 Å². The smallest absolute Gasteiger partial charge is 0.138 e. The van der Waals surface area contributed by atoms with Crippen LogP contribution in [0.5, 0.6) is 11.5 Å². The standard InChI is InChI=1S/C22H18BrNO2/c1-25-16-13-17(26-2)20(23)22-19(16)18(14-9-5-3-6-10-14)21(24-22)15-11-7-4-8-12-15/h3-13,24H,1-2H3. The van der Waals surface area contributed by atoms with Crippen molar-refractivity contribution in [3.05, 3.63) is 71.2 Å². The molecule has 0 aliphatic rings. The first-order valence-electron chi connectivity index (χ1n) is 8.31. The highest BCUT2D eigenvalue weighted by Gasteiger charge is 2.22. The highest BCUT2D eigenvalue weighted by Crippen LogP contribution is 2.47. The second kappa shape index (κ2) is 6.89. The molecule has 0 unspecified atom stereocenters. The summed E-state index contributed by atoms with van der Waals surface area (Å²) >= 11 is 3.69. The summed E-state index contributed by atoms with van der Waals surface area (Å²) in [5.74, 6) is 1.51. The maximum atomic E-state index is 5.72. The van der Waals surface area contributed by atoms with Crippen LogP contribution in [0.1, 0.15) is 0 Å². The summed E-state index contributed by atoms with van der Waals surface area (Å²) in [4.78, 5) is 3.59. The van der Waals surface area contributed by atoms with Gasteiger partial charge in [0.25, 0.3) is 0 Å². The van der Waals surface area contributed by atoms with E-state index in [1.54, 1.807) is 14.2 Å². The van der Waals surface area contributed by atoms with Gasteiger partial charge >= 0.3 is 0 Å². The van der Waals surface area contributed by atoms with Crippen LogP contribution in [0, 0.1) is 0 Å². The van der Waals surface area contributed by atoms with Gasteiger partial charge in [0, 0.05) is 11.6 Å². The van der Waals surface area contributed by atoms with Crippen LogP contribution >= 0.6 is 15.9 Å². The molecule has 3 aromatic carbocycles. The minimum Gasteiger partial charge on any atom is -0.496 e. The lowest BCUT2D eigenvalue weighted by atomic mass is 9.98. The van der Waals surface area contributed by atoms with Crippen molar-refractivity contribution in [2.45, 2.75) is 0 Å². The number of rotatable bonds is 4. The third-order valence-corrected chi connectivity index (χ3v) is 5.30. The topological polar surface area (TPSA) is 34.2 Å². The summed E-state index contributed by atoms with van der Waals surface area (Å²) in [7, 11) is 3.34. The lowest BCUT2D eigenvalue weighted by molar-refractivity contribution is 0.396. The summed E-state index contributed by atoms with van der Waals surface area (Å²) in [6, 6.07) is 22.6. The van der Waals surface area contributed by atoms with E-state index >= 15 is 0 Å². The number of hydrogen-bond acceptors (Lipinski definition) is 2. The van der Waals surface area contributed by atoms with Crippen LogP contribution < -0.4 is 9.47 Å². The van der Waals surface area contributed by atoms with Gasteiger partial charge in [0.1, 0.15) is 11.5 Å². The van der Waals surface area contributed by atoms with Gasteiger partial charge < -0.3 is 14.5 Å². The first kappa shape index (κ1) is 16.7. The second-order valence-corrected chi connectivity index (χ2v) is 6.75. The van der Waals surface area contributed by atoms with Gasteiger partial charge in [0.05, 0.1) is 35.3 Å². The molecule has 0 bridgehead atoms.